The van der Waals surface area contributed by atoms with E-state index in [-0.39, 0.29) is 0 Å². The highest BCUT2D eigenvalue weighted by atomic mass is 15.4. The van der Waals surface area contributed by atoms with Gasteiger partial charge in [-0.25, -0.2) is 4.68 Å². The fourth-order valence-electron chi connectivity index (χ4n) is 3.53. The standard InChI is InChI=1S/C15H19N5/c16-13-4-2-1-3-12(13)14-9-20(18-17-14)15-10-19-7-5-11(15)6-8-19/h1-4,9,11,15H,5-8,10,16H2. The second-order valence-electron chi connectivity index (χ2n) is 5.88. The molecule has 1 aromatic carbocycles. The van der Waals surface area contributed by atoms with E-state index in [9.17, 15) is 0 Å². The van der Waals surface area contributed by atoms with Crippen molar-refractivity contribution in [2.24, 2.45) is 5.92 Å². The van der Waals surface area contributed by atoms with E-state index < -0.39 is 0 Å². The smallest absolute Gasteiger partial charge is 0.115 e. The Hall–Kier alpha value is -1.88. The van der Waals surface area contributed by atoms with E-state index in [1.54, 1.807) is 0 Å². The summed E-state index contributed by atoms with van der Waals surface area (Å²) in [6.45, 7) is 3.60. The number of aromatic nitrogens is 3. The molecule has 0 amide bonds. The fourth-order valence-corrected chi connectivity index (χ4v) is 3.53. The Morgan fingerprint density at radius 1 is 1.15 bits per heavy atom. The zero-order chi connectivity index (χ0) is 13.5. The number of nitrogen functional groups attached to an aromatic ring is 1. The number of hydrogen-bond acceptors (Lipinski definition) is 4. The fraction of sp³-hybridized carbons (Fsp3) is 0.467. The lowest BCUT2D eigenvalue weighted by Gasteiger charge is -2.44. The van der Waals surface area contributed by atoms with E-state index >= 15 is 0 Å². The molecule has 3 saturated heterocycles. The first-order valence-electron chi connectivity index (χ1n) is 7.30. The van der Waals surface area contributed by atoms with Crippen molar-refractivity contribution in [2.75, 3.05) is 25.4 Å². The molecule has 4 heterocycles. The predicted octanol–water partition coefficient (Wildman–Crippen LogP) is 1.79. The normalized spacial score (nSPS) is 28.7. The lowest BCUT2D eigenvalue weighted by Crippen LogP contribution is -2.48. The van der Waals surface area contributed by atoms with E-state index in [1.807, 2.05) is 24.3 Å². The maximum absolute atomic E-state index is 6.02. The maximum Gasteiger partial charge on any atom is 0.115 e. The van der Waals surface area contributed by atoms with Crippen LogP contribution in [-0.2, 0) is 0 Å². The van der Waals surface area contributed by atoms with E-state index in [0.717, 1.165) is 29.4 Å². The van der Waals surface area contributed by atoms with Gasteiger partial charge >= 0.3 is 0 Å². The first-order chi connectivity index (χ1) is 9.81. The van der Waals surface area contributed by atoms with Gasteiger partial charge in [0, 0.05) is 17.8 Å². The molecule has 0 spiro atoms. The van der Waals surface area contributed by atoms with Crippen LogP contribution in [-0.4, -0.2) is 39.5 Å². The molecule has 5 heteroatoms. The van der Waals surface area contributed by atoms with Crippen molar-refractivity contribution >= 4 is 5.69 Å². The molecule has 2 bridgehead atoms. The van der Waals surface area contributed by atoms with Gasteiger partial charge in [0.25, 0.3) is 0 Å². The highest BCUT2D eigenvalue weighted by molar-refractivity contribution is 5.72. The molecule has 1 unspecified atom stereocenters. The second kappa shape index (κ2) is 4.59. The highest BCUT2D eigenvalue weighted by Crippen LogP contribution is 2.35. The van der Waals surface area contributed by atoms with Gasteiger partial charge in [-0.3, -0.25) is 0 Å². The summed E-state index contributed by atoms with van der Waals surface area (Å²) in [5, 5.41) is 8.68. The second-order valence-corrected chi connectivity index (χ2v) is 5.88. The number of fused-ring (bicyclic) bond motifs is 3. The van der Waals surface area contributed by atoms with E-state index in [4.69, 9.17) is 5.73 Å². The molecule has 3 aliphatic heterocycles. The van der Waals surface area contributed by atoms with Crippen molar-refractivity contribution in [1.29, 1.82) is 0 Å². The summed E-state index contributed by atoms with van der Waals surface area (Å²) in [5.74, 6) is 0.752. The molecule has 5 nitrogen and oxygen atoms in total. The van der Waals surface area contributed by atoms with Crippen LogP contribution in [0.15, 0.2) is 30.5 Å². The SMILES string of the molecule is Nc1ccccc1-c1cn(C2CN3CCC2CC3)nn1. The van der Waals surface area contributed by atoms with E-state index in [2.05, 4.69) is 26.1 Å². The Labute approximate surface area is 118 Å². The van der Waals surface area contributed by atoms with Crippen molar-refractivity contribution in [3.05, 3.63) is 30.5 Å². The van der Waals surface area contributed by atoms with Crippen LogP contribution >= 0.6 is 0 Å². The number of nitrogens with zero attached hydrogens (tertiary/aromatic N) is 4. The largest absolute Gasteiger partial charge is 0.398 e. The summed E-state index contributed by atoms with van der Waals surface area (Å²) in [7, 11) is 0. The van der Waals surface area contributed by atoms with Crippen molar-refractivity contribution in [3.63, 3.8) is 0 Å². The molecule has 2 N–H and O–H groups in total. The summed E-state index contributed by atoms with van der Waals surface area (Å²) in [4.78, 5) is 2.53. The minimum absolute atomic E-state index is 0.476. The molecule has 1 atom stereocenters. The molecule has 5 rings (SSSR count). The van der Waals surface area contributed by atoms with E-state index in [0.29, 0.717) is 6.04 Å². The molecule has 1 aromatic heterocycles. The van der Waals surface area contributed by atoms with Crippen molar-refractivity contribution in [3.8, 4) is 11.3 Å². The summed E-state index contributed by atoms with van der Waals surface area (Å²) >= 11 is 0. The Bertz CT molecular complexity index is 612. The van der Waals surface area contributed by atoms with Gasteiger partial charge in [-0.15, -0.1) is 5.10 Å². The van der Waals surface area contributed by atoms with Crippen LogP contribution in [0.1, 0.15) is 18.9 Å². The zero-order valence-corrected chi connectivity index (χ0v) is 11.4. The summed E-state index contributed by atoms with van der Waals surface area (Å²) < 4.78 is 2.05. The topological polar surface area (TPSA) is 60.0 Å². The van der Waals surface area contributed by atoms with Crippen LogP contribution in [0.3, 0.4) is 0 Å². The lowest BCUT2D eigenvalue weighted by molar-refractivity contribution is 0.0504. The van der Waals surface area contributed by atoms with Gasteiger partial charge in [0.1, 0.15) is 5.69 Å². The molecular formula is C15H19N5. The third kappa shape index (κ3) is 1.89. The van der Waals surface area contributed by atoms with Gasteiger partial charge in [-0.1, -0.05) is 23.4 Å². The number of para-hydroxylation sites is 1. The summed E-state index contributed by atoms with van der Waals surface area (Å²) in [6.07, 6.45) is 4.62. The first-order valence-corrected chi connectivity index (χ1v) is 7.30. The van der Waals surface area contributed by atoms with Crippen LogP contribution < -0.4 is 5.73 Å². The van der Waals surface area contributed by atoms with Crippen molar-refractivity contribution in [2.45, 2.75) is 18.9 Å². The average molecular weight is 269 g/mol. The Morgan fingerprint density at radius 3 is 2.65 bits per heavy atom. The van der Waals surface area contributed by atoms with Crippen LogP contribution in [0.5, 0.6) is 0 Å². The quantitative estimate of drug-likeness (QED) is 0.844. The Morgan fingerprint density at radius 2 is 1.95 bits per heavy atom. The summed E-state index contributed by atoms with van der Waals surface area (Å²) in [6, 6.07) is 8.31. The Kier molecular flexibility index (Phi) is 2.73. The van der Waals surface area contributed by atoms with Crippen LogP contribution in [0, 0.1) is 5.92 Å². The minimum Gasteiger partial charge on any atom is -0.398 e. The lowest BCUT2D eigenvalue weighted by atomic mass is 9.84. The van der Waals surface area contributed by atoms with Crippen LogP contribution in [0.25, 0.3) is 11.3 Å². The molecule has 20 heavy (non-hydrogen) atoms. The number of anilines is 1. The number of benzene rings is 1. The number of piperidine rings is 3. The molecule has 3 aliphatic rings. The van der Waals surface area contributed by atoms with Crippen LogP contribution in [0.2, 0.25) is 0 Å². The summed E-state index contributed by atoms with van der Waals surface area (Å²) in [5.41, 5.74) is 8.62. The zero-order valence-electron chi connectivity index (χ0n) is 11.4. The molecule has 104 valence electrons. The van der Waals surface area contributed by atoms with Gasteiger partial charge in [0.05, 0.1) is 12.2 Å². The predicted molar refractivity (Wildman–Crippen MR) is 78.1 cm³/mol. The maximum atomic E-state index is 6.02. The van der Waals surface area contributed by atoms with Gasteiger partial charge in [-0.05, 0) is 37.9 Å². The molecule has 0 aliphatic carbocycles. The Balaban J connectivity index is 1.64. The number of nitrogens with two attached hydrogens (primary N) is 1. The van der Waals surface area contributed by atoms with Gasteiger partial charge in [0.2, 0.25) is 0 Å². The molecule has 2 aromatic rings. The molecule has 0 radical (unpaired) electrons. The average Bonchev–Trinajstić information content (AvgIpc) is 2.98. The van der Waals surface area contributed by atoms with E-state index in [1.165, 1.54) is 25.9 Å². The van der Waals surface area contributed by atoms with Gasteiger partial charge < -0.3 is 10.6 Å². The number of hydrogen-bond donors (Lipinski definition) is 1. The highest BCUT2D eigenvalue weighted by Gasteiger charge is 2.35. The third-order valence-corrected chi connectivity index (χ3v) is 4.71. The first kappa shape index (κ1) is 11.9. The third-order valence-electron chi connectivity index (χ3n) is 4.71. The molecular weight excluding hydrogens is 250 g/mol. The van der Waals surface area contributed by atoms with Crippen LogP contribution in [0.4, 0.5) is 5.69 Å². The number of rotatable bonds is 2. The monoisotopic (exact) mass is 269 g/mol. The molecule has 0 saturated carbocycles. The molecule has 3 fully saturated rings. The van der Waals surface area contributed by atoms with Crippen molar-refractivity contribution < 1.29 is 0 Å². The minimum atomic E-state index is 0.476. The van der Waals surface area contributed by atoms with Gasteiger partial charge in [0.15, 0.2) is 0 Å². The van der Waals surface area contributed by atoms with Gasteiger partial charge in [-0.2, -0.15) is 0 Å². The van der Waals surface area contributed by atoms with Crippen molar-refractivity contribution in [1.82, 2.24) is 19.9 Å².